The molecule has 1 aromatic carbocycles. The fourth-order valence-corrected chi connectivity index (χ4v) is 2.98. The zero-order valence-corrected chi connectivity index (χ0v) is 14.9. The zero-order valence-electron chi connectivity index (χ0n) is 12.5. The molecular weight excluding hydrogens is 357 g/mol. The van der Waals surface area contributed by atoms with Crippen molar-refractivity contribution in [2.75, 3.05) is 19.6 Å². The van der Waals surface area contributed by atoms with E-state index in [1.54, 1.807) is 18.3 Å². The van der Waals surface area contributed by atoms with Gasteiger partial charge in [-0.15, -0.1) is 24.8 Å². The van der Waals surface area contributed by atoms with Gasteiger partial charge in [0.05, 0.1) is 16.1 Å². The highest BCUT2D eigenvalue weighted by molar-refractivity contribution is 6.36. The highest BCUT2D eigenvalue weighted by Gasteiger charge is 2.16. The molecule has 1 atom stereocenters. The molecule has 0 aliphatic carbocycles. The van der Waals surface area contributed by atoms with Gasteiger partial charge in [0.15, 0.2) is 0 Å². The summed E-state index contributed by atoms with van der Waals surface area (Å²) in [6.45, 7) is 2.84. The van der Waals surface area contributed by atoms with Gasteiger partial charge in [-0.05, 0) is 56.1 Å². The van der Waals surface area contributed by atoms with Crippen molar-refractivity contribution < 1.29 is 4.79 Å². The number of pyridine rings is 1. The molecule has 0 radical (unpaired) electrons. The van der Waals surface area contributed by atoms with Gasteiger partial charge < -0.3 is 10.6 Å². The molecule has 3 rings (SSSR count). The first-order chi connectivity index (χ1) is 10.3. The van der Waals surface area contributed by atoms with Crippen molar-refractivity contribution >= 4 is 53.2 Å². The molecule has 1 aliphatic rings. The summed E-state index contributed by atoms with van der Waals surface area (Å²) in [5.74, 6) is 0.590. The van der Waals surface area contributed by atoms with Gasteiger partial charge in [-0.3, -0.25) is 9.78 Å². The van der Waals surface area contributed by atoms with Crippen LogP contribution in [0.5, 0.6) is 0 Å². The number of hydrogen-bond acceptors (Lipinski definition) is 3. The Balaban J connectivity index is 0.00000132. The average molecular weight is 377 g/mol. The minimum Gasteiger partial charge on any atom is -0.352 e. The van der Waals surface area contributed by atoms with E-state index in [-0.39, 0.29) is 30.7 Å². The Morgan fingerprint density at radius 2 is 2.17 bits per heavy atom. The molecule has 1 saturated heterocycles. The standard InChI is InChI=1S/C16H18ClN3O.2ClH/c17-14-4-3-13(15-12(14)2-1-7-19-15)16(21)20-9-6-11-5-8-18-10-11;;/h1-4,7,11,18H,5-6,8-10H2,(H,20,21);2*1H. The number of aromatic nitrogens is 1. The molecule has 0 spiro atoms. The second kappa shape index (κ2) is 9.28. The molecule has 7 heteroatoms. The van der Waals surface area contributed by atoms with Crippen molar-refractivity contribution in [1.29, 1.82) is 0 Å². The molecule has 23 heavy (non-hydrogen) atoms. The molecule has 126 valence electrons. The lowest BCUT2D eigenvalue weighted by Gasteiger charge is -2.11. The van der Waals surface area contributed by atoms with Crippen molar-refractivity contribution in [3.05, 3.63) is 41.0 Å². The van der Waals surface area contributed by atoms with Crippen LogP contribution < -0.4 is 10.6 Å². The number of nitrogens with one attached hydrogen (secondary N) is 2. The fraction of sp³-hybridized carbons (Fsp3) is 0.375. The maximum atomic E-state index is 12.3. The fourth-order valence-electron chi connectivity index (χ4n) is 2.77. The first kappa shape index (κ1) is 20.0. The third kappa shape index (κ3) is 4.70. The Hall–Kier alpha value is -1.07. The van der Waals surface area contributed by atoms with Crippen LogP contribution in [0.3, 0.4) is 0 Å². The van der Waals surface area contributed by atoms with Crippen molar-refractivity contribution in [1.82, 2.24) is 15.6 Å². The Labute approximate surface area is 153 Å². The summed E-state index contributed by atoms with van der Waals surface area (Å²) < 4.78 is 0. The van der Waals surface area contributed by atoms with E-state index in [4.69, 9.17) is 11.6 Å². The van der Waals surface area contributed by atoms with Gasteiger partial charge >= 0.3 is 0 Å². The van der Waals surface area contributed by atoms with Crippen molar-refractivity contribution in [3.63, 3.8) is 0 Å². The summed E-state index contributed by atoms with van der Waals surface area (Å²) in [5.41, 5.74) is 1.24. The van der Waals surface area contributed by atoms with Crippen molar-refractivity contribution in [2.24, 2.45) is 5.92 Å². The van der Waals surface area contributed by atoms with E-state index in [9.17, 15) is 4.79 Å². The van der Waals surface area contributed by atoms with Crippen molar-refractivity contribution in [2.45, 2.75) is 12.8 Å². The average Bonchev–Trinajstić information content (AvgIpc) is 3.01. The lowest BCUT2D eigenvalue weighted by atomic mass is 10.0. The molecule has 1 amide bonds. The predicted octanol–water partition coefficient (Wildman–Crippen LogP) is 3.46. The minimum atomic E-state index is -0.0821. The lowest BCUT2D eigenvalue weighted by Crippen LogP contribution is -2.26. The van der Waals surface area contributed by atoms with Gasteiger partial charge in [-0.25, -0.2) is 0 Å². The minimum absolute atomic E-state index is 0. The summed E-state index contributed by atoms with van der Waals surface area (Å²) in [7, 11) is 0. The summed E-state index contributed by atoms with van der Waals surface area (Å²) in [4.78, 5) is 16.6. The number of rotatable bonds is 4. The molecule has 2 aromatic rings. The summed E-state index contributed by atoms with van der Waals surface area (Å²) in [5, 5.41) is 7.75. The Morgan fingerprint density at radius 3 is 2.91 bits per heavy atom. The van der Waals surface area contributed by atoms with Gasteiger partial charge in [-0.1, -0.05) is 11.6 Å². The molecule has 4 nitrogen and oxygen atoms in total. The van der Waals surface area contributed by atoms with Crippen LogP contribution in [-0.2, 0) is 0 Å². The number of halogens is 3. The molecular formula is C16H20Cl3N3O. The van der Waals surface area contributed by atoms with Crippen LogP contribution in [0.25, 0.3) is 10.9 Å². The van der Waals surface area contributed by atoms with Crippen LogP contribution in [0.1, 0.15) is 23.2 Å². The molecule has 2 N–H and O–H groups in total. The van der Waals surface area contributed by atoms with Gasteiger partial charge in [0.25, 0.3) is 5.91 Å². The quantitative estimate of drug-likeness (QED) is 0.859. The molecule has 0 bridgehead atoms. The van der Waals surface area contributed by atoms with Crippen LogP contribution in [0.2, 0.25) is 5.02 Å². The normalized spacial score (nSPS) is 16.5. The summed E-state index contributed by atoms with van der Waals surface area (Å²) in [6.07, 6.45) is 3.89. The number of nitrogens with zero attached hydrogens (tertiary/aromatic N) is 1. The summed E-state index contributed by atoms with van der Waals surface area (Å²) >= 11 is 6.15. The number of carbonyl (C=O) groups is 1. The van der Waals surface area contributed by atoms with E-state index < -0.39 is 0 Å². The van der Waals surface area contributed by atoms with E-state index in [0.29, 0.717) is 28.6 Å². The predicted molar refractivity (Wildman–Crippen MR) is 99.2 cm³/mol. The highest BCUT2D eigenvalue weighted by atomic mass is 35.5. The maximum Gasteiger partial charge on any atom is 0.253 e. The van der Waals surface area contributed by atoms with Gasteiger partial charge in [0, 0.05) is 18.1 Å². The summed E-state index contributed by atoms with van der Waals surface area (Å²) in [6, 6.07) is 7.19. The van der Waals surface area contributed by atoms with E-state index >= 15 is 0 Å². The number of benzene rings is 1. The third-order valence-electron chi connectivity index (χ3n) is 3.96. The third-order valence-corrected chi connectivity index (χ3v) is 4.29. The van der Waals surface area contributed by atoms with Gasteiger partial charge in [-0.2, -0.15) is 0 Å². The van der Waals surface area contributed by atoms with Crippen LogP contribution in [0.4, 0.5) is 0 Å². The molecule has 1 unspecified atom stereocenters. The lowest BCUT2D eigenvalue weighted by molar-refractivity contribution is 0.0953. The van der Waals surface area contributed by atoms with Crippen LogP contribution >= 0.6 is 36.4 Å². The molecule has 1 aromatic heterocycles. The second-order valence-corrected chi connectivity index (χ2v) is 5.81. The Bertz CT molecular complexity index is 660. The Kier molecular flexibility index (Phi) is 8.06. The molecule has 0 saturated carbocycles. The smallest absolute Gasteiger partial charge is 0.253 e. The van der Waals surface area contributed by atoms with Gasteiger partial charge in [0.1, 0.15) is 0 Å². The molecule has 1 aliphatic heterocycles. The number of amides is 1. The van der Waals surface area contributed by atoms with Crippen molar-refractivity contribution in [3.8, 4) is 0 Å². The number of fused-ring (bicyclic) bond motifs is 1. The van der Waals surface area contributed by atoms with E-state index in [0.717, 1.165) is 24.9 Å². The largest absolute Gasteiger partial charge is 0.352 e. The first-order valence-corrected chi connectivity index (χ1v) is 7.65. The van der Waals surface area contributed by atoms with E-state index in [1.807, 2.05) is 12.1 Å². The maximum absolute atomic E-state index is 12.3. The molecule has 1 fully saturated rings. The van der Waals surface area contributed by atoms with Gasteiger partial charge in [0.2, 0.25) is 0 Å². The number of hydrogen-bond donors (Lipinski definition) is 2. The highest BCUT2D eigenvalue weighted by Crippen LogP contribution is 2.24. The Morgan fingerprint density at radius 1 is 1.35 bits per heavy atom. The van der Waals surface area contributed by atoms with Crippen LogP contribution in [0.15, 0.2) is 30.5 Å². The monoisotopic (exact) mass is 375 g/mol. The van der Waals surface area contributed by atoms with E-state index in [2.05, 4.69) is 15.6 Å². The number of carbonyl (C=O) groups excluding carboxylic acids is 1. The molecule has 2 heterocycles. The zero-order chi connectivity index (χ0) is 14.7. The van der Waals surface area contributed by atoms with Crippen LogP contribution in [-0.4, -0.2) is 30.5 Å². The SMILES string of the molecule is Cl.Cl.O=C(NCCC1CCNC1)c1ccc(Cl)c2cccnc12. The topological polar surface area (TPSA) is 54.0 Å². The van der Waals surface area contributed by atoms with Crippen LogP contribution in [0, 0.1) is 5.92 Å². The second-order valence-electron chi connectivity index (χ2n) is 5.40. The van der Waals surface area contributed by atoms with E-state index in [1.165, 1.54) is 6.42 Å². The first-order valence-electron chi connectivity index (χ1n) is 7.28.